The topological polar surface area (TPSA) is 87.1 Å². The summed E-state index contributed by atoms with van der Waals surface area (Å²) in [7, 11) is 0. The third-order valence-corrected chi connectivity index (χ3v) is 3.89. The first-order valence-corrected chi connectivity index (χ1v) is 7.07. The van der Waals surface area contributed by atoms with E-state index in [0.29, 0.717) is 11.7 Å². The summed E-state index contributed by atoms with van der Waals surface area (Å²) in [5.41, 5.74) is 0. The predicted molar refractivity (Wildman–Crippen MR) is 75.3 cm³/mol. The Bertz CT molecular complexity index is 530. The average molecular weight is 311 g/mol. The van der Waals surface area contributed by atoms with Crippen molar-refractivity contribution in [3.63, 3.8) is 0 Å². The van der Waals surface area contributed by atoms with E-state index in [4.69, 9.17) is 24.5 Å². The van der Waals surface area contributed by atoms with E-state index in [2.05, 4.69) is 4.90 Å². The van der Waals surface area contributed by atoms with Crippen LogP contribution in [0.3, 0.4) is 0 Å². The fourth-order valence-electron chi connectivity index (χ4n) is 2.75. The van der Waals surface area contributed by atoms with E-state index in [1.54, 1.807) is 12.1 Å². The number of carboxylic acid groups (broad SMARTS) is 2. The summed E-state index contributed by atoms with van der Waals surface area (Å²) in [5, 5.41) is 14.8. The van der Waals surface area contributed by atoms with Crippen molar-refractivity contribution in [2.24, 2.45) is 5.92 Å². The molecule has 3 aliphatic heterocycles. The summed E-state index contributed by atoms with van der Waals surface area (Å²) >= 11 is 0. The fraction of sp³-hybridized carbons (Fsp3) is 0.467. The molecule has 0 saturated carbocycles. The maximum absolute atomic E-state index is 13.4. The van der Waals surface area contributed by atoms with Crippen molar-refractivity contribution in [3.8, 4) is 5.75 Å². The van der Waals surface area contributed by atoms with Gasteiger partial charge in [0.1, 0.15) is 6.10 Å². The van der Waals surface area contributed by atoms with Gasteiger partial charge in [-0.3, -0.25) is 4.90 Å². The van der Waals surface area contributed by atoms with Gasteiger partial charge in [-0.2, -0.15) is 0 Å². The monoisotopic (exact) mass is 311 g/mol. The molecule has 7 heteroatoms. The van der Waals surface area contributed by atoms with Crippen LogP contribution in [0.15, 0.2) is 24.3 Å². The lowest BCUT2D eigenvalue weighted by Gasteiger charge is -2.44. The number of ether oxygens (including phenoxy) is 1. The van der Waals surface area contributed by atoms with Gasteiger partial charge in [-0.05, 0) is 44.0 Å². The van der Waals surface area contributed by atoms with E-state index in [-0.39, 0.29) is 11.9 Å². The van der Waals surface area contributed by atoms with Crippen LogP contribution in [0.2, 0.25) is 0 Å². The Kier molecular flexibility index (Phi) is 5.32. The molecule has 3 heterocycles. The van der Waals surface area contributed by atoms with Crippen LogP contribution >= 0.6 is 0 Å². The standard InChI is InChI=1S/C13H16FNO.C2H2O4/c14-11-3-1-2-4-12(11)16-13-9-15-7-5-10(13)6-8-15;3-1(4)2(5)6/h1-4,10,13H,5-9H2;(H,3,4)(H,5,6)/t13-;/m1./s1. The Morgan fingerprint density at radius 2 is 1.73 bits per heavy atom. The molecule has 0 aromatic heterocycles. The number of halogens is 1. The molecular formula is C15H18FNO5. The SMILES string of the molecule is Fc1ccccc1O[C@@H]1CN2CCC1CC2.O=C(O)C(=O)O. The van der Waals surface area contributed by atoms with Crippen LogP contribution in [0.1, 0.15) is 12.8 Å². The highest BCUT2D eigenvalue weighted by Crippen LogP contribution is 2.31. The molecule has 3 saturated heterocycles. The number of carboxylic acids is 2. The Morgan fingerprint density at radius 1 is 1.14 bits per heavy atom. The van der Waals surface area contributed by atoms with Crippen LogP contribution in [0.5, 0.6) is 5.75 Å². The average Bonchev–Trinajstić information content (AvgIpc) is 2.51. The van der Waals surface area contributed by atoms with Gasteiger partial charge in [0.25, 0.3) is 0 Å². The van der Waals surface area contributed by atoms with Gasteiger partial charge in [0, 0.05) is 6.54 Å². The van der Waals surface area contributed by atoms with Gasteiger partial charge in [-0.1, -0.05) is 12.1 Å². The van der Waals surface area contributed by atoms with Crippen molar-refractivity contribution in [2.45, 2.75) is 18.9 Å². The van der Waals surface area contributed by atoms with Crippen molar-refractivity contribution >= 4 is 11.9 Å². The molecule has 0 spiro atoms. The zero-order valence-corrected chi connectivity index (χ0v) is 11.9. The van der Waals surface area contributed by atoms with Gasteiger partial charge < -0.3 is 14.9 Å². The molecule has 120 valence electrons. The number of para-hydroxylation sites is 1. The second-order valence-corrected chi connectivity index (χ2v) is 5.34. The van der Waals surface area contributed by atoms with E-state index >= 15 is 0 Å². The summed E-state index contributed by atoms with van der Waals surface area (Å²) in [6.45, 7) is 3.32. The molecule has 0 amide bonds. The van der Waals surface area contributed by atoms with Crippen LogP contribution in [-0.2, 0) is 9.59 Å². The van der Waals surface area contributed by atoms with Crippen molar-refractivity contribution in [3.05, 3.63) is 30.1 Å². The second kappa shape index (κ2) is 7.22. The Labute approximate surface area is 127 Å². The van der Waals surface area contributed by atoms with Gasteiger partial charge in [0.2, 0.25) is 0 Å². The predicted octanol–water partition coefficient (Wildman–Crippen LogP) is 1.45. The number of benzene rings is 1. The van der Waals surface area contributed by atoms with E-state index in [1.807, 2.05) is 6.07 Å². The molecule has 1 aromatic carbocycles. The number of piperidine rings is 3. The number of hydrogen-bond acceptors (Lipinski definition) is 4. The minimum atomic E-state index is -1.82. The van der Waals surface area contributed by atoms with Crippen LogP contribution < -0.4 is 4.74 Å². The number of hydrogen-bond donors (Lipinski definition) is 2. The van der Waals surface area contributed by atoms with Gasteiger partial charge in [-0.15, -0.1) is 0 Å². The number of fused-ring (bicyclic) bond motifs is 3. The van der Waals surface area contributed by atoms with Gasteiger partial charge in [-0.25, -0.2) is 14.0 Å². The van der Waals surface area contributed by atoms with Crippen molar-refractivity contribution in [1.29, 1.82) is 0 Å². The van der Waals surface area contributed by atoms with E-state index in [0.717, 1.165) is 6.54 Å². The summed E-state index contributed by atoms with van der Waals surface area (Å²) in [4.78, 5) is 20.6. The summed E-state index contributed by atoms with van der Waals surface area (Å²) < 4.78 is 19.3. The number of nitrogens with zero attached hydrogens (tertiary/aromatic N) is 1. The smallest absolute Gasteiger partial charge is 0.414 e. The summed E-state index contributed by atoms with van der Waals surface area (Å²) in [6, 6.07) is 6.68. The summed E-state index contributed by atoms with van der Waals surface area (Å²) in [6.07, 6.45) is 2.57. The van der Waals surface area contributed by atoms with Gasteiger partial charge in [0.15, 0.2) is 11.6 Å². The Hall–Kier alpha value is -2.15. The molecule has 0 unspecified atom stereocenters. The molecule has 3 fully saturated rings. The summed E-state index contributed by atoms with van der Waals surface area (Å²) in [5.74, 6) is -2.88. The zero-order chi connectivity index (χ0) is 16.1. The minimum Gasteiger partial charge on any atom is -0.486 e. The molecule has 4 rings (SSSR count). The molecule has 6 nitrogen and oxygen atoms in total. The third kappa shape index (κ3) is 4.17. The maximum atomic E-state index is 13.4. The largest absolute Gasteiger partial charge is 0.486 e. The van der Waals surface area contributed by atoms with E-state index in [1.165, 1.54) is 32.0 Å². The normalized spacial score (nSPS) is 25.8. The van der Waals surface area contributed by atoms with Crippen molar-refractivity contribution in [1.82, 2.24) is 4.90 Å². The number of aliphatic carboxylic acids is 2. The molecule has 0 radical (unpaired) electrons. The zero-order valence-electron chi connectivity index (χ0n) is 11.9. The van der Waals surface area contributed by atoms with Crippen LogP contribution in [0.25, 0.3) is 0 Å². The first-order valence-electron chi connectivity index (χ1n) is 7.07. The van der Waals surface area contributed by atoms with E-state index < -0.39 is 11.9 Å². The number of carbonyl (C=O) groups is 2. The quantitative estimate of drug-likeness (QED) is 0.804. The van der Waals surface area contributed by atoms with E-state index in [9.17, 15) is 4.39 Å². The molecule has 22 heavy (non-hydrogen) atoms. The number of rotatable bonds is 2. The second-order valence-electron chi connectivity index (χ2n) is 5.34. The molecule has 1 atom stereocenters. The Morgan fingerprint density at radius 3 is 2.18 bits per heavy atom. The lowest BCUT2D eigenvalue weighted by Crippen LogP contribution is -2.52. The van der Waals surface area contributed by atoms with Crippen molar-refractivity contribution in [2.75, 3.05) is 19.6 Å². The molecule has 3 aliphatic rings. The third-order valence-electron chi connectivity index (χ3n) is 3.89. The van der Waals surface area contributed by atoms with Crippen LogP contribution in [0, 0.1) is 11.7 Å². The molecule has 2 bridgehead atoms. The van der Waals surface area contributed by atoms with Gasteiger partial charge in [0.05, 0.1) is 0 Å². The maximum Gasteiger partial charge on any atom is 0.414 e. The highest BCUT2D eigenvalue weighted by atomic mass is 19.1. The molecule has 1 aromatic rings. The fourth-order valence-corrected chi connectivity index (χ4v) is 2.75. The minimum absolute atomic E-state index is 0.180. The van der Waals surface area contributed by atoms with Gasteiger partial charge >= 0.3 is 11.9 Å². The first kappa shape index (κ1) is 16.2. The highest BCUT2D eigenvalue weighted by Gasteiger charge is 2.35. The molecular weight excluding hydrogens is 293 g/mol. The first-order chi connectivity index (χ1) is 10.5. The highest BCUT2D eigenvalue weighted by molar-refractivity contribution is 6.27. The van der Waals surface area contributed by atoms with Crippen LogP contribution in [-0.4, -0.2) is 52.8 Å². The van der Waals surface area contributed by atoms with Crippen LogP contribution in [0.4, 0.5) is 4.39 Å². The molecule has 2 N–H and O–H groups in total. The van der Waals surface area contributed by atoms with Crippen molar-refractivity contribution < 1.29 is 28.9 Å². The molecule has 0 aliphatic carbocycles. The Balaban J connectivity index is 0.000000254. The lowest BCUT2D eigenvalue weighted by molar-refractivity contribution is -0.159. The lowest BCUT2D eigenvalue weighted by atomic mass is 9.86.